The van der Waals surface area contributed by atoms with Gasteiger partial charge in [-0.3, -0.25) is 9.89 Å². The first-order valence-electron chi connectivity index (χ1n) is 10.2. The molecule has 6 heteroatoms. The molecule has 2 saturated heterocycles. The highest BCUT2D eigenvalue weighted by molar-refractivity contribution is 14.0. The Morgan fingerprint density at radius 3 is 2.65 bits per heavy atom. The molecule has 146 valence electrons. The maximum Gasteiger partial charge on any atom is 0.194 e. The highest BCUT2D eigenvalue weighted by Gasteiger charge is 2.31. The van der Waals surface area contributed by atoms with E-state index < -0.39 is 0 Å². The summed E-state index contributed by atoms with van der Waals surface area (Å²) in [4.78, 5) is 10.2. The van der Waals surface area contributed by atoms with Crippen LogP contribution in [0.2, 0.25) is 0 Å². The maximum atomic E-state index is 5.45. The monoisotopic (exact) mass is 472 g/mol. The van der Waals surface area contributed by atoms with E-state index in [1.54, 1.807) is 6.26 Å². The molecule has 1 aliphatic carbocycles. The third-order valence-electron chi connectivity index (χ3n) is 6.01. The fraction of sp³-hybridized carbons (Fsp3) is 0.750. The van der Waals surface area contributed by atoms with Crippen LogP contribution in [0.5, 0.6) is 0 Å². The van der Waals surface area contributed by atoms with Gasteiger partial charge < -0.3 is 14.6 Å². The highest BCUT2D eigenvalue weighted by Crippen LogP contribution is 2.22. The number of rotatable bonds is 5. The van der Waals surface area contributed by atoms with E-state index in [0.717, 1.165) is 43.8 Å². The number of furan rings is 1. The number of hydrogen-bond donors (Lipinski definition) is 1. The zero-order valence-corrected chi connectivity index (χ0v) is 18.1. The first-order valence-corrected chi connectivity index (χ1v) is 10.2. The molecular formula is C20H33IN4O. The van der Waals surface area contributed by atoms with Crippen molar-refractivity contribution in [2.45, 2.75) is 63.5 Å². The van der Waals surface area contributed by atoms with Crippen LogP contribution in [-0.2, 0) is 6.42 Å². The molecule has 0 spiro atoms. The van der Waals surface area contributed by atoms with Crippen LogP contribution in [0.1, 0.15) is 50.7 Å². The van der Waals surface area contributed by atoms with E-state index in [9.17, 15) is 0 Å². The van der Waals surface area contributed by atoms with E-state index >= 15 is 0 Å². The van der Waals surface area contributed by atoms with E-state index in [2.05, 4.69) is 15.1 Å². The van der Waals surface area contributed by atoms with Crippen molar-refractivity contribution in [3.8, 4) is 0 Å². The van der Waals surface area contributed by atoms with E-state index in [-0.39, 0.29) is 24.0 Å². The van der Waals surface area contributed by atoms with Crippen LogP contribution < -0.4 is 5.32 Å². The number of nitrogens with one attached hydrogen (secondary N) is 1. The smallest absolute Gasteiger partial charge is 0.194 e. The standard InChI is InChI=1S/C20H32N4O.HI/c1-2-7-17(6-1)22-20(21-11-9-19-8-5-15-25-19)24-14-10-18(16-24)23-12-3-4-13-23;/h5,8,15,17-18H,1-4,6-7,9-14,16H2,(H,21,22);1H. The zero-order valence-electron chi connectivity index (χ0n) is 15.7. The highest BCUT2D eigenvalue weighted by atomic mass is 127. The number of guanidine groups is 1. The molecule has 0 aromatic carbocycles. The second kappa shape index (κ2) is 9.97. The molecule has 5 nitrogen and oxygen atoms in total. The number of likely N-dealkylation sites (tertiary alicyclic amines) is 2. The van der Waals surface area contributed by atoms with Crippen molar-refractivity contribution < 1.29 is 4.42 Å². The van der Waals surface area contributed by atoms with Gasteiger partial charge in [0.15, 0.2) is 5.96 Å². The van der Waals surface area contributed by atoms with Gasteiger partial charge in [0.2, 0.25) is 0 Å². The van der Waals surface area contributed by atoms with Crippen molar-refractivity contribution in [3.05, 3.63) is 24.2 Å². The molecule has 1 saturated carbocycles. The second-order valence-electron chi connectivity index (χ2n) is 7.79. The molecule has 3 aliphatic rings. The minimum atomic E-state index is 0. The third-order valence-corrected chi connectivity index (χ3v) is 6.01. The SMILES string of the molecule is I.c1coc(CCN=C(NC2CCCC2)N2CCC(N3CCCC3)C2)c1. The van der Waals surface area contributed by atoms with Gasteiger partial charge in [-0.25, -0.2) is 0 Å². The van der Waals surface area contributed by atoms with Gasteiger partial charge in [-0.1, -0.05) is 12.8 Å². The van der Waals surface area contributed by atoms with Crippen molar-refractivity contribution in [2.75, 3.05) is 32.7 Å². The molecule has 4 rings (SSSR count). The Kier molecular flexibility index (Phi) is 7.66. The molecule has 3 heterocycles. The number of aliphatic imine (C=N–C) groups is 1. The summed E-state index contributed by atoms with van der Waals surface area (Å²) in [6, 6.07) is 5.34. The molecule has 1 aromatic heterocycles. The topological polar surface area (TPSA) is 44.0 Å². The lowest BCUT2D eigenvalue weighted by molar-refractivity contribution is 0.249. The first-order chi connectivity index (χ1) is 12.4. The summed E-state index contributed by atoms with van der Waals surface area (Å²) in [5, 5.41) is 3.78. The summed E-state index contributed by atoms with van der Waals surface area (Å²) in [6.45, 7) is 5.66. The second-order valence-corrected chi connectivity index (χ2v) is 7.79. The van der Waals surface area contributed by atoms with Crippen molar-refractivity contribution in [1.82, 2.24) is 15.1 Å². The van der Waals surface area contributed by atoms with Crippen LogP contribution in [0, 0.1) is 0 Å². The van der Waals surface area contributed by atoms with E-state index in [1.165, 1.54) is 58.0 Å². The van der Waals surface area contributed by atoms with Crippen LogP contribution >= 0.6 is 24.0 Å². The van der Waals surface area contributed by atoms with Gasteiger partial charge in [-0.15, -0.1) is 24.0 Å². The van der Waals surface area contributed by atoms with Crippen molar-refractivity contribution >= 4 is 29.9 Å². The minimum Gasteiger partial charge on any atom is -0.469 e. The number of hydrogen-bond acceptors (Lipinski definition) is 3. The van der Waals surface area contributed by atoms with Crippen LogP contribution in [0.25, 0.3) is 0 Å². The third kappa shape index (κ3) is 5.15. The number of halogens is 1. The summed E-state index contributed by atoms with van der Waals surface area (Å²) >= 11 is 0. The zero-order chi connectivity index (χ0) is 16.9. The molecule has 26 heavy (non-hydrogen) atoms. The van der Waals surface area contributed by atoms with Crippen LogP contribution in [0.15, 0.2) is 27.8 Å². The van der Waals surface area contributed by atoms with Gasteiger partial charge in [0.25, 0.3) is 0 Å². The van der Waals surface area contributed by atoms with Gasteiger partial charge in [-0.2, -0.15) is 0 Å². The molecule has 1 unspecified atom stereocenters. The van der Waals surface area contributed by atoms with Gasteiger partial charge >= 0.3 is 0 Å². The normalized spacial score (nSPS) is 25.0. The van der Waals surface area contributed by atoms with Gasteiger partial charge in [0.05, 0.1) is 6.26 Å². The van der Waals surface area contributed by atoms with Gasteiger partial charge in [-0.05, 0) is 57.3 Å². The minimum absolute atomic E-state index is 0. The summed E-state index contributed by atoms with van der Waals surface area (Å²) < 4.78 is 5.45. The lowest BCUT2D eigenvalue weighted by atomic mass is 10.2. The molecule has 0 radical (unpaired) electrons. The predicted octanol–water partition coefficient (Wildman–Crippen LogP) is 3.50. The summed E-state index contributed by atoms with van der Waals surface area (Å²) in [6.07, 6.45) is 12.0. The predicted molar refractivity (Wildman–Crippen MR) is 116 cm³/mol. The Morgan fingerprint density at radius 1 is 1.12 bits per heavy atom. The first kappa shape index (κ1) is 20.0. The molecule has 2 aliphatic heterocycles. The lowest BCUT2D eigenvalue weighted by Crippen LogP contribution is -2.46. The van der Waals surface area contributed by atoms with E-state index in [0.29, 0.717) is 6.04 Å². The summed E-state index contributed by atoms with van der Waals surface area (Å²) in [5.41, 5.74) is 0. The molecule has 0 amide bonds. The van der Waals surface area contributed by atoms with Gasteiger partial charge in [0.1, 0.15) is 5.76 Å². The fourth-order valence-corrected chi connectivity index (χ4v) is 4.56. The average Bonchev–Trinajstić information content (AvgIpc) is 3.41. The molecule has 1 aromatic rings. The molecule has 1 atom stereocenters. The quantitative estimate of drug-likeness (QED) is 0.405. The van der Waals surface area contributed by atoms with E-state index in [4.69, 9.17) is 9.41 Å². The van der Waals surface area contributed by atoms with Crippen LogP contribution in [0.3, 0.4) is 0 Å². The summed E-state index contributed by atoms with van der Waals surface area (Å²) in [7, 11) is 0. The van der Waals surface area contributed by atoms with Crippen LogP contribution in [-0.4, -0.2) is 60.6 Å². The molecule has 3 fully saturated rings. The Hall–Kier alpha value is -0.760. The Labute approximate surface area is 174 Å². The number of nitrogens with zero attached hydrogens (tertiary/aromatic N) is 3. The van der Waals surface area contributed by atoms with E-state index in [1.807, 2.05) is 12.1 Å². The molecule has 1 N–H and O–H groups in total. The fourth-order valence-electron chi connectivity index (χ4n) is 4.56. The Balaban J connectivity index is 0.00000196. The van der Waals surface area contributed by atoms with Crippen molar-refractivity contribution in [1.29, 1.82) is 0 Å². The molecule has 0 bridgehead atoms. The summed E-state index contributed by atoms with van der Waals surface area (Å²) in [5.74, 6) is 2.17. The Morgan fingerprint density at radius 2 is 1.92 bits per heavy atom. The average molecular weight is 472 g/mol. The lowest BCUT2D eigenvalue weighted by Gasteiger charge is -2.27. The van der Waals surface area contributed by atoms with Crippen molar-refractivity contribution in [2.24, 2.45) is 4.99 Å². The Bertz CT molecular complexity index is 550. The largest absolute Gasteiger partial charge is 0.469 e. The maximum absolute atomic E-state index is 5.45. The van der Waals surface area contributed by atoms with Crippen LogP contribution in [0.4, 0.5) is 0 Å². The van der Waals surface area contributed by atoms with Gasteiger partial charge in [0, 0.05) is 38.1 Å². The molecular weight excluding hydrogens is 439 g/mol. The van der Waals surface area contributed by atoms with Crippen molar-refractivity contribution in [3.63, 3.8) is 0 Å².